The molecule has 1 heterocycles. The molecule has 0 aliphatic carbocycles. The van der Waals surface area contributed by atoms with Gasteiger partial charge in [-0.2, -0.15) is 0 Å². The molecule has 1 saturated heterocycles. The van der Waals surface area contributed by atoms with Gasteiger partial charge in [0.25, 0.3) is 0 Å². The van der Waals surface area contributed by atoms with Crippen LogP contribution in [0.2, 0.25) is 0 Å². The Hall–Kier alpha value is -0.160. The van der Waals surface area contributed by atoms with Crippen LogP contribution in [0.5, 0.6) is 0 Å². The molecule has 21 heavy (non-hydrogen) atoms. The van der Waals surface area contributed by atoms with Crippen molar-refractivity contribution in [3.63, 3.8) is 0 Å². The van der Waals surface area contributed by atoms with Gasteiger partial charge in [-0.05, 0) is 48.1 Å². The Morgan fingerprint density at radius 2 is 1.81 bits per heavy atom. The molecule has 0 radical (unpaired) electrons. The Balaban J connectivity index is 2.89. The Labute approximate surface area is 131 Å². The molecular formula is C17H36N2O2. The lowest BCUT2D eigenvalue weighted by molar-refractivity contribution is -0.0803. The maximum atomic E-state index is 6.38. The zero-order valence-corrected chi connectivity index (χ0v) is 15.3. The second-order valence-corrected chi connectivity index (χ2v) is 7.53. The van der Waals surface area contributed by atoms with Gasteiger partial charge in [-0.3, -0.25) is 4.90 Å². The first kappa shape index (κ1) is 18.9. The minimum absolute atomic E-state index is 0.115. The van der Waals surface area contributed by atoms with Crippen LogP contribution < -0.4 is 5.32 Å². The van der Waals surface area contributed by atoms with E-state index in [1.165, 1.54) is 0 Å². The number of nitrogens with zero attached hydrogens (tertiary/aromatic N) is 1. The lowest BCUT2D eigenvalue weighted by Crippen LogP contribution is -2.52. The number of nitrogens with one attached hydrogen (secondary N) is 1. The molecule has 1 aliphatic heterocycles. The van der Waals surface area contributed by atoms with Crippen molar-refractivity contribution in [1.29, 1.82) is 0 Å². The zero-order chi connectivity index (χ0) is 16.3. The van der Waals surface area contributed by atoms with Gasteiger partial charge in [-0.15, -0.1) is 0 Å². The van der Waals surface area contributed by atoms with Gasteiger partial charge in [0.15, 0.2) is 0 Å². The number of hydrogen-bond donors (Lipinski definition) is 1. The number of hydrogen-bond acceptors (Lipinski definition) is 4. The van der Waals surface area contributed by atoms with E-state index >= 15 is 0 Å². The molecular weight excluding hydrogens is 264 g/mol. The Morgan fingerprint density at radius 1 is 1.19 bits per heavy atom. The zero-order valence-electron chi connectivity index (χ0n) is 15.3. The number of methoxy groups -OCH3 is 1. The van der Waals surface area contributed by atoms with E-state index in [0.717, 1.165) is 26.2 Å². The van der Waals surface area contributed by atoms with Gasteiger partial charge < -0.3 is 14.8 Å². The normalized spacial score (nSPS) is 27.7. The first-order valence-corrected chi connectivity index (χ1v) is 8.32. The molecule has 2 unspecified atom stereocenters. The smallest absolute Gasteiger partial charge is 0.0790 e. The first-order chi connectivity index (χ1) is 9.65. The summed E-state index contributed by atoms with van der Waals surface area (Å²) in [5.41, 5.74) is -0.245. The van der Waals surface area contributed by atoms with Crippen molar-refractivity contribution in [1.82, 2.24) is 10.2 Å². The molecule has 1 aliphatic rings. The first-order valence-electron chi connectivity index (χ1n) is 8.32. The molecule has 0 aromatic rings. The minimum atomic E-state index is -0.131. The summed E-state index contributed by atoms with van der Waals surface area (Å²) in [4.78, 5) is 2.50. The molecule has 0 amide bonds. The summed E-state index contributed by atoms with van der Waals surface area (Å²) in [5, 5.41) is 3.66. The van der Waals surface area contributed by atoms with Gasteiger partial charge in [0, 0.05) is 38.2 Å². The molecule has 4 nitrogen and oxygen atoms in total. The molecule has 126 valence electrons. The lowest BCUT2D eigenvalue weighted by atomic mass is 9.82. The number of likely N-dealkylation sites (N-methyl/N-ethyl adjacent to an activating group) is 1. The van der Waals surface area contributed by atoms with Crippen molar-refractivity contribution in [2.24, 2.45) is 5.92 Å². The molecule has 0 spiro atoms. The van der Waals surface area contributed by atoms with Crippen LogP contribution in [0, 0.1) is 5.92 Å². The van der Waals surface area contributed by atoms with Crippen LogP contribution in [-0.2, 0) is 9.47 Å². The molecule has 1 rings (SSSR count). The van der Waals surface area contributed by atoms with Crippen molar-refractivity contribution in [2.45, 2.75) is 71.8 Å². The van der Waals surface area contributed by atoms with Gasteiger partial charge >= 0.3 is 0 Å². The Kier molecular flexibility index (Phi) is 6.66. The van der Waals surface area contributed by atoms with Crippen LogP contribution in [0.4, 0.5) is 0 Å². The topological polar surface area (TPSA) is 33.7 Å². The summed E-state index contributed by atoms with van der Waals surface area (Å²) in [6.07, 6.45) is 0. The van der Waals surface area contributed by atoms with Crippen molar-refractivity contribution < 1.29 is 9.47 Å². The molecule has 0 aromatic heterocycles. The Bertz CT molecular complexity index is 316. The van der Waals surface area contributed by atoms with Gasteiger partial charge in [0.05, 0.1) is 17.8 Å². The van der Waals surface area contributed by atoms with Crippen LogP contribution in [0.25, 0.3) is 0 Å². The third-order valence-corrected chi connectivity index (χ3v) is 4.74. The van der Waals surface area contributed by atoms with Gasteiger partial charge in [0.2, 0.25) is 0 Å². The van der Waals surface area contributed by atoms with Crippen LogP contribution in [-0.4, -0.2) is 61.5 Å². The van der Waals surface area contributed by atoms with E-state index < -0.39 is 0 Å². The summed E-state index contributed by atoms with van der Waals surface area (Å²) >= 11 is 0. The highest BCUT2D eigenvalue weighted by Crippen LogP contribution is 2.42. The van der Waals surface area contributed by atoms with E-state index in [2.05, 4.69) is 58.7 Å². The lowest BCUT2D eigenvalue weighted by Gasteiger charge is -2.36. The van der Waals surface area contributed by atoms with Crippen molar-refractivity contribution in [3.05, 3.63) is 0 Å². The molecule has 4 heteroatoms. The van der Waals surface area contributed by atoms with Crippen LogP contribution in [0.3, 0.4) is 0 Å². The third kappa shape index (κ3) is 4.65. The largest absolute Gasteiger partial charge is 0.383 e. The minimum Gasteiger partial charge on any atom is -0.383 e. The summed E-state index contributed by atoms with van der Waals surface area (Å²) in [6.45, 7) is 19.3. The molecule has 0 saturated carbocycles. The van der Waals surface area contributed by atoms with E-state index in [1.54, 1.807) is 7.11 Å². The van der Waals surface area contributed by atoms with Crippen molar-refractivity contribution >= 4 is 0 Å². The second kappa shape index (κ2) is 7.40. The van der Waals surface area contributed by atoms with Gasteiger partial charge in [-0.1, -0.05) is 6.92 Å². The average molecular weight is 300 g/mol. The highest BCUT2D eigenvalue weighted by molar-refractivity contribution is 5.06. The highest BCUT2D eigenvalue weighted by Gasteiger charge is 2.53. The second-order valence-electron chi connectivity index (χ2n) is 7.53. The van der Waals surface area contributed by atoms with Crippen molar-refractivity contribution in [3.8, 4) is 0 Å². The molecule has 1 fully saturated rings. The SMILES string of the molecule is CCNC1C(CN(CCOC)C(C)C)C(C)(C)OC1(C)C. The van der Waals surface area contributed by atoms with E-state index in [1.807, 2.05) is 0 Å². The average Bonchev–Trinajstić information content (AvgIpc) is 2.51. The molecule has 2 atom stereocenters. The molecule has 1 N–H and O–H groups in total. The summed E-state index contributed by atoms with van der Waals surface area (Å²) < 4.78 is 11.6. The molecule has 0 bridgehead atoms. The fraction of sp³-hybridized carbons (Fsp3) is 1.00. The standard InChI is InChI=1S/C17H36N2O2/c1-9-18-15-14(16(4,5)21-17(15,6)7)12-19(13(2)3)10-11-20-8/h13-15,18H,9-12H2,1-8H3. The maximum Gasteiger partial charge on any atom is 0.0790 e. The predicted molar refractivity (Wildman–Crippen MR) is 88.8 cm³/mol. The van der Waals surface area contributed by atoms with Crippen LogP contribution in [0.15, 0.2) is 0 Å². The fourth-order valence-corrected chi connectivity index (χ4v) is 3.66. The predicted octanol–water partition coefficient (Wildman–Crippen LogP) is 2.52. The summed E-state index contributed by atoms with van der Waals surface area (Å²) in [7, 11) is 1.77. The maximum absolute atomic E-state index is 6.38. The highest BCUT2D eigenvalue weighted by atomic mass is 16.5. The number of rotatable bonds is 8. The summed E-state index contributed by atoms with van der Waals surface area (Å²) in [6, 6.07) is 0.892. The van der Waals surface area contributed by atoms with Crippen LogP contribution in [0.1, 0.15) is 48.5 Å². The van der Waals surface area contributed by atoms with E-state index in [0.29, 0.717) is 18.0 Å². The third-order valence-electron chi connectivity index (χ3n) is 4.74. The summed E-state index contributed by atoms with van der Waals surface area (Å²) in [5.74, 6) is 0.465. The van der Waals surface area contributed by atoms with E-state index in [9.17, 15) is 0 Å². The van der Waals surface area contributed by atoms with Crippen molar-refractivity contribution in [2.75, 3.05) is 33.4 Å². The quantitative estimate of drug-likeness (QED) is 0.747. The van der Waals surface area contributed by atoms with E-state index in [-0.39, 0.29) is 11.2 Å². The van der Waals surface area contributed by atoms with Gasteiger partial charge in [0.1, 0.15) is 0 Å². The number of ether oxygens (including phenoxy) is 2. The molecule has 0 aromatic carbocycles. The fourth-order valence-electron chi connectivity index (χ4n) is 3.66. The Morgan fingerprint density at radius 3 is 2.29 bits per heavy atom. The monoisotopic (exact) mass is 300 g/mol. The van der Waals surface area contributed by atoms with Gasteiger partial charge in [-0.25, -0.2) is 0 Å². The van der Waals surface area contributed by atoms with E-state index in [4.69, 9.17) is 9.47 Å². The van der Waals surface area contributed by atoms with Crippen LogP contribution >= 0.6 is 0 Å².